The number of carbonyl (C=O) groups excluding carboxylic acids is 1. The lowest BCUT2D eigenvalue weighted by atomic mass is 9.84. The number of carbonyl (C=O) groups is 1. The average Bonchev–Trinajstić information content (AvgIpc) is 3.22. The second-order valence-electron chi connectivity index (χ2n) is 8.52. The van der Waals surface area contributed by atoms with Gasteiger partial charge in [0.25, 0.3) is 5.91 Å². The maximum atomic E-state index is 13.1. The second-order valence-corrected chi connectivity index (χ2v) is 8.52. The minimum atomic E-state index is -1.21. The van der Waals surface area contributed by atoms with Gasteiger partial charge >= 0.3 is 0 Å². The molecule has 1 aliphatic heterocycles. The van der Waals surface area contributed by atoms with Gasteiger partial charge in [0.15, 0.2) is 11.5 Å². The molecule has 2 aliphatic rings. The van der Waals surface area contributed by atoms with Crippen LogP contribution in [0.5, 0.6) is 0 Å². The highest BCUT2D eigenvalue weighted by atomic mass is 16.5. The third-order valence-electron chi connectivity index (χ3n) is 6.48. The molecule has 1 amide bonds. The molecule has 1 saturated carbocycles. The minimum Gasteiger partial charge on any atom is -0.390 e. The molecule has 33 heavy (non-hydrogen) atoms. The summed E-state index contributed by atoms with van der Waals surface area (Å²) >= 11 is 0. The van der Waals surface area contributed by atoms with E-state index in [1.54, 1.807) is 12.3 Å². The quantitative estimate of drug-likeness (QED) is 0.478. The fourth-order valence-corrected chi connectivity index (χ4v) is 4.70. The maximum Gasteiger partial charge on any atom is 0.278 e. The maximum absolute atomic E-state index is 13.1. The van der Waals surface area contributed by atoms with Crippen LogP contribution in [0.2, 0.25) is 0 Å². The van der Waals surface area contributed by atoms with E-state index in [0.717, 1.165) is 12.0 Å². The Morgan fingerprint density at radius 3 is 2.85 bits per heavy atom. The van der Waals surface area contributed by atoms with Gasteiger partial charge in [0.1, 0.15) is 5.60 Å². The van der Waals surface area contributed by atoms with E-state index in [9.17, 15) is 15.0 Å². The molecule has 5 N–H and O–H groups in total. The van der Waals surface area contributed by atoms with Crippen molar-refractivity contribution in [2.24, 2.45) is 0 Å². The van der Waals surface area contributed by atoms with Crippen molar-refractivity contribution in [3.63, 3.8) is 0 Å². The Bertz CT molecular complexity index is 1170. The molecular weight excluding hydrogens is 422 g/mol. The topological polar surface area (TPSA) is 143 Å². The molecule has 1 aliphatic carbocycles. The zero-order valence-corrected chi connectivity index (χ0v) is 17.9. The number of aliphatic hydroxyl groups excluding tert-OH is 1. The molecular formula is C24H25N5O4. The fraction of sp³-hybridized carbons (Fsp3) is 0.333. The molecule has 1 aromatic carbocycles. The Hall–Kier alpha value is -3.40. The van der Waals surface area contributed by atoms with Crippen molar-refractivity contribution in [1.29, 1.82) is 0 Å². The van der Waals surface area contributed by atoms with E-state index in [-0.39, 0.29) is 17.9 Å². The van der Waals surface area contributed by atoms with Crippen molar-refractivity contribution < 1.29 is 19.7 Å². The van der Waals surface area contributed by atoms with E-state index in [0.29, 0.717) is 29.8 Å². The van der Waals surface area contributed by atoms with Gasteiger partial charge in [0.05, 0.1) is 42.1 Å². The van der Waals surface area contributed by atoms with Crippen LogP contribution in [0.1, 0.15) is 47.8 Å². The molecule has 3 aromatic rings. The minimum absolute atomic E-state index is 0.000853. The number of hydrogen-bond donors (Lipinski definition) is 4. The fourth-order valence-electron chi connectivity index (χ4n) is 4.70. The number of nitrogen functional groups attached to an aromatic ring is 1. The molecule has 1 saturated heterocycles. The number of pyridine rings is 1. The number of amides is 1. The average molecular weight is 447 g/mol. The van der Waals surface area contributed by atoms with Gasteiger partial charge in [-0.15, -0.1) is 0 Å². The van der Waals surface area contributed by atoms with Crippen LogP contribution in [0.25, 0.3) is 11.3 Å². The number of nitrogens with two attached hydrogens (primary N) is 1. The highest BCUT2D eigenvalue weighted by molar-refractivity contribution is 6.06. The third kappa shape index (κ3) is 3.95. The van der Waals surface area contributed by atoms with Crippen molar-refractivity contribution >= 4 is 17.4 Å². The van der Waals surface area contributed by atoms with Crippen LogP contribution in [0.3, 0.4) is 0 Å². The van der Waals surface area contributed by atoms with Crippen LogP contribution in [-0.2, 0) is 4.74 Å². The summed E-state index contributed by atoms with van der Waals surface area (Å²) in [6, 6.07) is 11.1. The van der Waals surface area contributed by atoms with Crippen molar-refractivity contribution in [1.82, 2.24) is 15.0 Å². The molecule has 5 rings (SSSR count). The number of aromatic nitrogens is 3. The third-order valence-corrected chi connectivity index (χ3v) is 6.48. The van der Waals surface area contributed by atoms with Crippen LogP contribution >= 0.6 is 0 Å². The van der Waals surface area contributed by atoms with Gasteiger partial charge in [-0.25, -0.2) is 9.97 Å². The van der Waals surface area contributed by atoms with Crippen molar-refractivity contribution in [2.75, 3.05) is 11.1 Å². The first-order chi connectivity index (χ1) is 16.0. The number of fused-ring (bicyclic) bond motifs is 1. The van der Waals surface area contributed by atoms with Gasteiger partial charge in [-0.1, -0.05) is 30.3 Å². The number of ether oxygens (including phenoxy) is 1. The predicted octanol–water partition coefficient (Wildman–Crippen LogP) is 2.48. The van der Waals surface area contributed by atoms with Crippen LogP contribution < -0.4 is 11.1 Å². The number of nitrogens with zero attached hydrogens (tertiary/aromatic N) is 3. The molecule has 0 unspecified atom stereocenters. The largest absolute Gasteiger partial charge is 0.390 e. The van der Waals surface area contributed by atoms with Gasteiger partial charge in [-0.05, 0) is 25.3 Å². The number of nitrogens with one attached hydrogen (secondary N) is 1. The summed E-state index contributed by atoms with van der Waals surface area (Å²) in [6.07, 6.45) is 4.97. The first-order valence-corrected chi connectivity index (χ1v) is 10.9. The molecule has 0 spiro atoms. The Morgan fingerprint density at radius 1 is 1.21 bits per heavy atom. The molecule has 9 nitrogen and oxygen atoms in total. The first kappa shape index (κ1) is 21.4. The highest BCUT2D eigenvalue weighted by Gasteiger charge is 2.52. The number of rotatable bonds is 4. The zero-order valence-electron chi connectivity index (χ0n) is 17.9. The molecule has 3 heterocycles. The SMILES string of the molecule is Nc1ncc(-c2ccccc2)nc1C(=O)Nc1cnccc1[C@H]1C[C@@H](O)[C@@]2(O)CCC[C@H]2O1. The van der Waals surface area contributed by atoms with Crippen molar-refractivity contribution in [2.45, 2.75) is 49.6 Å². The van der Waals surface area contributed by atoms with Gasteiger partial charge in [-0.2, -0.15) is 0 Å². The van der Waals surface area contributed by atoms with Crippen LogP contribution in [-0.4, -0.2) is 48.9 Å². The monoisotopic (exact) mass is 447 g/mol. The summed E-state index contributed by atoms with van der Waals surface area (Å²) < 4.78 is 6.16. The number of hydrogen-bond acceptors (Lipinski definition) is 8. The number of benzene rings is 1. The summed E-state index contributed by atoms with van der Waals surface area (Å²) in [5.41, 5.74) is 7.18. The lowest BCUT2D eigenvalue weighted by Gasteiger charge is -2.43. The highest BCUT2D eigenvalue weighted by Crippen LogP contribution is 2.46. The van der Waals surface area contributed by atoms with Gasteiger partial charge in [-0.3, -0.25) is 9.78 Å². The van der Waals surface area contributed by atoms with Crippen molar-refractivity contribution in [3.05, 3.63) is 66.2 Å². The molecule has 0 radical (unpaired) electrons. The Labute approximate surface area is 190 Å². The molecule has 9 heteroatoms. The molecule has 4 atom stereocenters. The zero-order chi connectivity index (χ0) is 23.0. The smallest absolute Gasteiger partial charge is 0.278 e. The summed E-state index contributed by atoms with van der Waals surface area (Å²) in [4.78, 5) is 25.8. The van der Waals surface area contributed by atoms with Crippen LogP contribution in [0.4, 0.5) is 11.5 Å². The van der Waals surface area contributed by atoms with E-state index in [1.165, 1.54) is 12.4 Å². The normalized spacial score (nSPS) is 26.5. The van der Waals surface area contributed by atoms with E-state index < -0.39 is 29.8 Å². The lowest BCUT2D eigenvalue weighted by molar-refractivity contribution is -0.215. The standard InChI is InChI=1S/C24H25N5O4/c25-22-21(28-16(13-27-22)14-5-2-1-3-6-14)23(31)29-17-12-26-10-8-15(17)18-11-19(30)24(32)9-4-7-20(24)33-18/h1-3,5-6,8,10,12-13,18-20,30,32H,4,7,9,11H2,(H2,25,27)(H,29,31)/t18-,19-,20-,24+/m1/s1. The Morgan fingerprint density at radius 2 is 2.03 bits per heavy atom. The summed E-state index contributed by atoms with van der Waals surface area (Å²) in [5, 5.41) is 24.2. The summed E-state index contributed by atoms with van der Waals surface area (Å²) in [5.74, 6) is -0.515. The number of anilines is 2. The summed E-state index contributed by atoms with van der Waals surface area (Å²) in [6.45, 7) is 0. The molecule has 0 bridgehead atoms. The van der Waals surface area contributed by atoms with E-state index in [2.05, 4.69) is 20.3 Å². The first-order valence-electron chi connectivity index (χ1n) is 10.9. The van der Waals surface area contributed by atoms with E-state index in [1.807, 2.05) is 30.3 Å². The molecule has 2 aromatic heterocycles. The molecule has 2 fully saturated rings. The summed E-state index contributed by atoms with van der Waals surface area (Å²) in [7, 11) is 0. The van der Waals surface area contributed by atoms with Crippen LogP contribution in [0.15, 0.2) is 55.0 Å². The van der Waals surface area contributed by atoms with E-state index in [4.69, 9.17) is 10.5 Å². The Balaban J connectivity index is 1.41. The van der Waals surface area contributed by atoms with E-state index >= 15 is 0 Å². The number of aliphatic hydroxyl groups is 2. The van der Waals surface area contributed by atoms with Gasteiger partial charge in [0, 0.05) is 23.7 Å². The van der Waals surface area contributed by atoms with Crippen molar-refractivity contribution in [3.8, 4) is 11.3 Å². The van der Waals surface area contributed by atoms with Gasteiger partial charge in [0.2, 0.25) is 0 Å². The lowest BCUT2D eigenvalue weighted by Crippen LogP contribution is -2.54. The predicted molar refractivity (Wildman–Crippen MR) is 121 cm³/mol. The Kier molecular flexibility index (Phi) is 5.53. The second kappa shape index (κ2) is 8.51. The van der Waals surface area contributed by atoms with Crippen LogP contribution in [0, 0.1) is 0 Å². The molecule has 170 valence electrons. The van der Waals surface area contributed by atoms with Gasteiger partial charge < -0.3 is 26.0 Å².